The van der Waals surface area contributed by atoms with Gasteiger partial charge in [0.05, 0.1) is 5.69 Å². The van der Waals surface area contributed by atoms with E-state index < -0.39 is 0 Å². The number of aryl methyl sites for hydroxylation is 1. The van der Waals surface area contributed by atoms with Gasteiger partial charge in [-0.05, 0) is 23.7 Å². The second-order valence-electron chi connectivity index (χ2n) is 4.12. The number of halogens is 1. The van der Waals surface area contributed by atoms with E-state index >= 15 is 0 Å². The van der Waals surface area contributed by atoms with Gasteiger partial charge < -0.3 is 4.57 Å². The normalized spacial score (nSPS) is 10.1. The fourth-order valence-corrected chi connectivity index (χ4v) is 2.40. The number of para-hydroxylation sites is 1. The van der Waals surface area contributed by atoms with Crippen molar-refractivity contribution in [2.75, 3.05) is 0 Å². The van der Waals surface area contributed by atoms with Gasteiger partial charge in [0.25, 0.3) is 0 Å². The third-order valence-electron chi connectivity index (χ3n) is 3.10. The zero-order valence-electron chi connectivity index (χ0n) is 10.1. The summed E-state index contributed by atoms with van der Waals surface area (Å²) in [6.07, 6.45) is 1.59. The van der Waals surface area contributed by atoms with Crippen LogP contribution in [0.2, 0.25) is 5.28 Å². The van der Waals surface area contributed by atoms with E-state index in [1.165, 1.54) is 0 Å². The fraction of sp³-hybridized carbons (Fsp3) is 0.133. The largest absolute Gasteiger partial charge is 0.335 e. The van der Waals surface area contributed by atoms with Crippen molar-refractivity contribution < 1.29 is 0 Å². The third-order valence-corrected chi connectivity index (χ3v) is 3.28. The predicted octanol–water partition coefficient (Wildman–Crippen LogP) is 3.80. The third kappa shape index (κ3) is 2.02. The van der Waals surface area contributed by atoms with Crippen molar-refractivity contribution in [2.24, 2.45) is 7.05 Å². The van der Waals surface area contributed by atoms with Crippen molar-refractivity contribution >= 4 is 22.5 Å². The highest BCUT2D eigenvalue weighted by atomic mass is 35.5. The Morgan fingerprint density at radius 1 is 1.25 bits per heavy atom. The van der Waals surface area contributed by atoms with Crippen LogP contribution in [-0.2, 0) is 7.05 Å². The maximum Gasteiger partial charge on any atom is 0.222 e. The van der Waals surface area contributed by atoms with Crippen LogP contribution in [0.3, 0.4) is 0 Å². The highest BCUT2D eigenvalue weighted by molar-refractivity contribution is 6.28. The highest BCUT2D eigenvalue weighted by Gasteiger charge is 2.17. The van der Waals surface area contributed by atoms with E-state index in [4.69, 9.17) is 11.6 Å². The average molecular weight is 285 g/mol. The molecule has 0 saturated carbocycles. The first-order valence-electron chi connectivity index (χ1n) is 5.69. The molecule has 0 amide bonds. The van der Waals surface area contributed by atoms with Crippen LogP contribution in [0.5, 0.6) is 0 Å². The van der Waals surface area contributed by atoms with Crippen LogP contribution in [0.1, 0.15) is 13.1 Å². The zero-order valence-corrected chi connectivity index (χ0v) is 10.9. The Hall–Kier alpha value is -2.38. The maximum atomic E-state index is 9.38. The number of hydrogen-bond acceptors (Lipinski definition) is 3. The second-order valence-corrected chi connectivity index (χ2v) is 4.46. The molecule has 1 aromatic carbocycles. The predicted molar refractivity (Wildman–Crippen MR) is 80.4 cm³/mol. The summed E-state index contributed by atoms with van der Waals surface area (Å²) in [5, 5.41) is 10.5. The Balaban J connectivity index is 0.00000147. The number of benzene rings is 1. The molecule has 4 nitrogen and oxygen atoms in total. The quantitative estimate of drug-likeness (QED) is 0.639. The van der Waals surface area contributed by atoms with E-state index in [1.807, 2.05) is 35.9 Å². The lowest BCUT2D eigenvalue weighted by molar-refractivity contribution is 0.947. The van der Waals surface area contributed by atoms with Gasteiger partial charge in [-0.15, -0.1) is 0 Å². The van der Waals surface area contributed by atoms with E-state index in [2.05, 4.69) is 16.0 Å². The maximum absolute atomic E-state index is 9.38. The van der Waals surface area contributed by atoms with E-state index in [1.54, 1.807) is 12.3 Å². The summed E-state index contributed by atoms with van der Waals surface area (Å²) >= 11 is 5.84. The smallest absolute Gasteiger partial charge is 0.222 e. The van der Waals surface area contributed by atoms with Gasteiger partial charge in [0.1, 0.15) is 11.8 Å². The Morgan fingerprint density at radius 3 is 2.70 bits per heavy atom. The molecule has 2 heterocycles. The molecule has 0 aliphatic carbocycles. The Morgan fingerprint density at radius 2 is 2.00 bits per heavy atom. The number of hydrogen-bond donors (Lipinski definition) is 0. The number of nitrogens with zero attached hydrogens (tertiary/aromatic N) is 4. The summed E-state index contributed by atoms with van der Waals surface area (Å²) < 4.78 is 1.86. The van der Waals surface area contributed by atoms with Crippen LogP contribution in [0.15, 0.2) is 36.5 Å². The SMILES string of the molecule is C.Cn1c(C#N)c(-c2ccnc(Cl)n2)c2ccccc21. The van der Waals surface area contributed by atoms with Crippen LogP contribution in [-0.4, -0.2) is 14.5 Å². The number of rotatable bonds is 1. The van der Waals surface area contributed by atoms with E-state index in [0.29, 0.717) is 11.4 Å². The summed E-state index contributed by atoms with van der Waals surface area (Å²) in [6, 6.07) is 11.8. The van der Waals surface area contributed by atoms with Crippen molar-refractivity contribution in [3.8, 4) is 17.3 Å². The van der Waals surface area contributed by atoms with Crippen LogP contribution in [0.4, 0.5) is 0 Å². The molecular formula is C15H13ClN4. The van der Waals surface area contributed by atoms with E-state index in [0.717, 1.165) is 16.5 Å². The Bertz CT molecular complexity index is 814. The lowest BCUT2D eigenvalue weighted by atomic mass is 10.1. The molecule has 0 N–H and O–H groups in total. The minimum Gasteiger partial charge on any atom is -0.335 e. The lowest BCUT2D eigenvalue weighted by Crippen LogP contribution is -1.93. The Labute approximate surface area is 122 Å². The van der Waals surface area contributed by atoms with Gasteiger partial charge in [-0.2, -0.15) is 5.26 Å². The minimum absolute atomic E-state index is 0. The monoisotopic (exact) mass is 284 g/mol. The fourth-order valence-electron chi connectivity index (χ4n) is 2.26. The van der Waals surface area contributed by atoms with Crippen LogP contribution in [0.25, 0.3) is 22.2 Å². The molecule has 100 valence electrons. The summed E-state index contributed by atoms with van der Waals surface area (Å²) in [4.78, 5) is 8.08. The molecule has 0 bridgehead atoms. The van der Waals surface area contributed by atoms with Crippen molar-refractivity contribution in [1.82, 2.24) is 14.5 Å². The minimum atomic E-state index is 0. The van der Waals surface area contributed by atoms with Crippen LogP contribution in [0, 0.1) is 11.3 Å². The first-order chi connectivity index (χ1) is 9.22. The summed E-state index contributed by atoms with van der Waals surface area (Å²) in [5.74, 6) is 0. The Kier molecular flexibility index (Phi) is 3.73. The highest BCUT2D eigenvalue weighted by Crippen LogP contribution is 2.32. The lowest BCUT2D eigenvalue weighted by Gasteiger charge is -2.00. The molecule has 0 aliphatic heterocycles. The second kappa shape index (κ2) is 5.32. The van der Waals surface area contributed by atoms with Crippen molar-refractivity contribution in [3.63, 3.8) is 0 Å². The van der Waals surface area contributed by atoms with Crippen molar-refractivity contribution in [2.45, 2.75) is 7.43 Å². The van der Waals surface area contributed by atoms with E-state index in [-0.39, 0.29) is 12.7 Å². The van der Waals surface area contributed by atoms with E-state index in [9.17, 15) is 5.26 Å². The van der Waals surface area contributed by atoms with Gasteiger partial charge in [0.2, 0.25) is 5.28 Å². The van der Waals surface area contributed by atoms with Crippen molar-refractivity contribution in [1.29, 1.82) is 5.26 Å². The number of aromatic nitrogens is 3. The van der Waals surface area contributed by atoms with Crippen molar-refractivity contribution in [3.05, 3.63) is 47.5 Å². The first kappa shape index (κ1) is 14.0. The molecule has 2 aromatic heterocycles. The van der Waals surface area contributed by atoms with Gasteiger partial charge in [0.15, 0.2) is 0 Å². The number of fused-ring (bicyclic) bond motifs is 1. The van der Waals surface area contributed by atoms with Crippen LogP contribution >= 0.6 is 11.6 Å². The van der Waals surface area contributed by atoms with Crippen LogP contribution < -0.4 is 0 Å². The summed E-state index contributed by atoms with van der Waals surface area (Å²) in [7, 11) is 1.87. The molecule has 0 fully saturated rings. The van der Waals surface area contributed by atoms with Gasteiger partial charge in [-0.25, -0.2) is 9.97 Å². The topological polar surface area (TPSA) is 54.5 Å². The van der Waals surface area contributed by atoms with Gasteiger partial charge in [0, 0.05) is 29.7 Å². The molecule has 5 heteroatoms. The molecule has 0 saturated heterocycles. The molecular weight excluding hydrogens is 272 g/mol. The molecule has 0 unspecified atom stereocenters. The first-order valence-corrected chi connectivity index (χ1v) is 6.06. The molecule has 20 heavy (non-hydrogen) atoms. The average Bonchev–Trinajstić information content (AvgIpc) is 2.72. The van der Waals surface area contributed by atoms with Gasteiger partial charge in [-0.1, -0.05) is 25.6 Å². The standard InChI is InChI=1S/C14H9ClN4.CH4/c1-19-11-5-3-2-4-9(11)13(12(19)8-16)10-6-7-17-14(15)18-10;/h2-7H,1H3;1H4. The molecule has 0 aliphatic rings. The molecule has 3 rings (SSSR count). The number of nitriles is 1. The summed E-state index contributed by atoms with van der Waals surface area (Å²) in [6.45, 7) is 0. The molecule has 0 spiro atoms. The molecule has 0 atom stereocenters. The van der Waals surface area contributed by atoms with Gasteiger partial charge in [-0.3, -0.25) is 0 Å². The molecule has 3 aromatic rings. The van der Waals surface area contributed by atoms with Gasteiger partial charge >= 0.3 is 0 Å². The zero-order chi connectivity index (χ0) is 13.4. The summed E-state index contributed by atoms with van der Waals surface area (Å²) in [5.41, 5.74) is 3.01. The molecule has 0 radical (unpaired) electrons.